The van der Waals surface area contributed by atoms with Gasteiger partial charge in [-0.25, -0.2) is 0 Å². The zero-order valence-electron chi connectivity index (χ0n) is 9.71. The molecule has 0 aliphatic rings. The Morgan fingerprint density at radius 3 is 2.08 bits per heavy atom. The van der Waals surface area contributed by atoms with Gasteiger partial charge in [0.15, 0.2) is 0 Å². The van der Waals surface area contributed by atoms with Crippen LogP contribution in [0.3, 0.4) is 0 Å². The van der Waals surface area contributed by atoms with E-state index in [2.05, 4.69) is 32.6 Å². The monoisotopic (exact) mass is 186 g/mol. The van der Waals surface area contributed by atoms with E-state index in [9.17, 15) is 0 Å². The molecule has 2 heteroatoms. The molecule has 0 aromatic rings. The third-order valence-electron chi connectivity index (χ3n) is 2.91. The van der Waals surface area contributed by atoms with Crippen molar-refractivity contribution in [1.82, 2.24) is 4.90 Å². The molecule has 0 spiro atoms. The molecular formula is C11H26N2. The minimum atomic E-state index is 0.582. The van der Waals surface area contributed by atoms with Crippen LogP contribution in [0, 0.1) is 5.92 Å². The quantitative estimate of drug-likeness (QED) is 0.659. The van der Waals surface area contributed by atoms with E-state index in [4.69, 9.17) is 5.73 Å². The molecule has 2 unspecified atom stereocenters. The van der Waals surface area contributed by atoms with Crippen LogP contribution in [-0.2, 0) is 0 Å². The van der Waals surface area contributed by atoms with Crippen LogP contribution in [0.15, 0.2) is 0 Å². The summed E-state index contributed by atoms with van der Waals surface area (Å²) in [6, 6.07) is 0.582. The van der Waals surface area contributed by atoms with E-state index in [1.807, 2.05) is 0 Å². The van der Waals surface area contributed by atoms with Gasteiger partial charge in [0, 0.05) is 19.1 Å². The first kappa shape index (κ1) is 12.9. The summed E-state index contributed by atoms with van der Waals surface area (Å²) < 4.78 is 0. The minimum absolute atomic E-state index is 0.582. The van der Waals surface area contributed by atoms with Crippen LogP contribution in [0.25, 0.3) is 0 Å². The molecular weight excluding hydrogens is 160 g/mol. The molecule has 0 saturated heterocycles. The topological polar surface area (TPSA) is 29.3 Å². The largest absolute Gasteiger partial charge is 0.329 e. The summed E-state index contributed by atoms with van der Waals surface area (Å²) in [6.07, 6.45) is 2.43. The van der Waals surface area contributed by atoms with Gasteiger partial charge in [-0.1, -0.05) is 34.1 Å². The highest BCUT2D eigenvalue weighted by Gasteiger charge is 2.14. The van der Waals surface area contributed by atoms with Crippen molar-refractivity contribution in [1.29, 1.82) is 0 Å². The fraction of sp³-hybridized carbons (Fsp3) is 1.00. The lowest BCUT2D eigenvalue weighted by molar-refractivity contribution is 0.177. The summed E-state index contributed by atoms with van der Waals surface area (Å²) in [4.78, 5) is 2.51. The summed E-state index contributed by atoms with van der Waals surface area (Å²) in [5.41, 5.74) is 5.74. The van der Waals surface area contributed by atoms with Gasteiger partial charge in [0.1, 0.15) is 0 Å². The number of likely N-dealkylation sites (N-methyl/N-ethyl adjacent to an activating group) is 1. The minimum Gasteiger partial charge on any atom is -0.329 e. The molecule has 0 fully saturated rings. The second kappa shape index (κ2) is 7.34. The van der Waals surface area contributed by atoms with Crippen molar-refractivity contribution in [3.63, 3.8) is 0 Å². The SMILES string of the molecule is CCC(C)CN(CC)C(CC)CN. The fourth-order valence-corrected chi connectivity index (χ4v) is 1.64. The maximum absolute atomic E-state index is 5.74. The Morgan fingerprint density at radius 1 is 1.15 bits per heavy atom. The summed E-state index contributed by atoms with van der Waals surface area (Å²) in [6.45, 7) is 12.1. The van der Waals surface area contributed by atoms with Crippen LogP contribution in [0.4, 0.5) is 0 Å². The third kappa shape index (κ3) is 4.63. The molecule has 0 radical (unpaired) electrons. The Bertz CT molecular complexity index is 111. The number of nitrogens with two attached hydrogens (primary N) is 1. The zero-order chi connectivity index (χ0) is 10.3. The van der Waals surface area contributed by atoms with Gasteiger partial charge in [-0.3, -0.25) is 4.90 Å². The van der Waals surface area contributed by atoms with Gasteiger partial charge in [0.05, 0.1) is 0 Å². The molecule has 0 saturated carbocycles. The smallest absolute Gasteiger partial charge is 0.0215 e. The number of nitrogens with zero attached hydrogens (tertiary/aromatic N) is 1. The lowest BCUT2D eigenvalue weighted by Crippen LogP contribution is -2.42. The molecule has 0 bridgehead atoms. The van der Waals surface area contributed by atoms with Gasteiger partial charge in [0.2, 0.25) is 0 Å². The van der Waals surface area contributed by atoms with Crippen molar-refractivity contribution in [2.75, 3.05) is 19.6 Å². The molecule has 0 aliphatic carbocycles. The summed E-state index contributed by atoms with van der Waals surface area (Å²) in [5, 5.41) is 0. The fourth-order valence-electron chi connectivity index (χ4n) is 1.64. The average molecular weight is 186 g/mol. The molecule has 0 amide bonds. The van der Waals surface area contributed by atoms with Gasteiger partial charge < -0.3 is 5.73 Å². The summed E-state index contributed by atoms with van der Waals surface area (Å²) in [7, 11) is 0. The number of hydrogen-bond donors (Lipinski definition) is 1. The highest BCUT2D eigenvalue weighted by Crippen LogP contribution is 2.09. The molecule has 13 heavy (non-hydrogen) atoms. The van der Waals surface area contributed by atoms with Gasteiger partial charge in [-0.2, -0.15) is 0 Å². The van der Waals surface area contributed by atoms with Crippen LogP contribution >= 0.6 is 0 Å². The molecule has 2 atom stereocenters. The van der Waals surface area contributed by atoms with Crippen LogP contribution in [-0.4, -0.2) is 30.6 Å². The maximum Gasteiger partial charge on any atom is 0.0215 e. The van der Waals surface area contributed by atoms with Crippen molar-refractivity contribution in [3.05, 3.63) is 0 Å². The standard InChI is InChI=1S/C11H26N2/c1-5-10(4)9-13(7-3)11(6-2)8-12/h10-11H,5-9,12H2,1-4H3. The van der Waals surface area contributed by atoms with E-state index in [1.54, 1.807) is 0 Å². The van der Waals surface area contributed by atoms with E-state index < -0.39 is 0 Å². The van der Waals surface area contributed by atoms with E-state index in [-0.39, 0.29) is 0 Å². The molecule has 80 valence electrons. The second-order valence-corrected chi connectivity index (χ2v) is 3.90. The molecule has 2 nitrogen and oxygen atoms in total. The Labute approximate surface area is 83.5 Å². The van der Waals surface area contributed by atoms with E-state index in [0.29, 0.717) is 6.04 Å². The molecule has 0 heterocycles. The molecule has 0 aliphatic heterocycles. The summed E-state index contributed by atoms with van der Waals surface area (Å²) in [5.74, 6) is 0.792. The molecule has 0 rings (SSSR count). The van der Waals surface area contributed by atoms with Crippen molar-refractivity contribution in [2.45, 2.75) is 46.6 Å². The number of hydrogen-bond acceptors (Lipinski definition) is 2. The lowest BCUT2D eigenvalue weighted by atomic mass is 10.1. The Kier molecular flexibility index (Phi) is 7.29. The van der Waals surface area contributed by atoms with Gasteiger partial charge in [-0.15, -0.1) is 0 Å². The highest BCUT2D eigenvalue weighted by molar-refractivity contribution is 4.71. The predicted octanol–water partition coefficient (Wildman–Crippen LogP) is 2.09. The van der Waals surface area contributed by atoms with Crippen LogP contribution in [0.1, 0.15) is 40.5 Å². The van der Waals surface area contributed by atoms with E-state index in [1.165, 1.54) is 19.4 Å². The molecule has 0 aromatic heterocycles. The molecule has 0 aromatic carbocycles. The predicted molar refractivity (Wildman–Crippen MR) is 59.8 cm³/mol. The second-order valence-electron chi connectivity index (χ2n) is 3.90. The Balaban J connectivity index is 3.98. The normalized spacial score (nSPS) is 16.2. The third-order valence-corrected chi connectivity index (χ3v) is 2.91. The van der Waals surface area contributed by atoms with Crippen molar-refractivity contribution in [3.8, 4) is 0 Å². The van der Waals surface area contributed by atoms with Gasteiger partial charge in [-0.05, 0) is 18.9 Å². The highest BCUT2D eigenvalue weighted by atomic mass is 15.2. The summed E-state index contributed by atoms with van der Waals surface area (Å²) >= 11 is 0. The van der Waals surface area contributed by atoms with E-state index >= 15 is 0 Å². The lowest BCUT2D eigenvalue weighted by Gasteiger charge is -2.31. The van der Waals surface area contributed by atoms with E-state index in [0.717, 1.165) is 19.0 Å². The van der Waals surface area contributed by atoms with Crippen molar-refractivity contribution < 1.29 is 0 Å². The van der Waals surface area contributed by atoms with Gasteiger partial charge >= 0.3 is 0 Å². The Morgan fingerprint density at radius 2 is 1.77 bits per heavy atom. The Hall–Kier alpha value is -0.0800. The first-order valence-corrected chi connectivity index (χ1v) is 5.63. The van der Waals surface area contributed by atoms with Crippen molar-refractivity contribution >= 4 is 0 Å². The first-order chi connectivity index (χ1) is 6.19. The average Bonchev–Trinajstić information content (AvgIpc) is 2.17. The van der Waals surface area contributed by atoms with Crippen molar-refractivity contribution in [2.24, 2.45) is 11.7 Å². The zero-order valence-corrected chi connectivity index (χ0v) is 9.71. The van der Waals surface area contributed by atoms with Crippen LogP contribution < -0.4 is 5.73 Å². The first-order valence-electron chi connectivity index (χ1n) is 5.63. The van der Waals surface area contributed by atoms with Crippen LogP contribution in [0.5, 0.6) is 0 Å². The molecule has 2 N–H and O–H groups in total. The van der Waals surface area contributed by atoms with Gasteiger partial charge in [0.25, 0.3) is 0 Å². The maximum atomic E-state index is 5.74. The number of rotatable bonds is 7. The van der Waals surface area contributed by atoms with Crippen LogP contribution in [0.2, 0.25) is 0 Å².